The molecule has 0 aromatic heterocycles. The molecule has 0 aliphatic rings. The van der Waals surface area contributed by atoms with Gasteiger partial charge < -0.3 is 9.47 Å². The number of ether oxygens (including phenoxy) is 2. The molecule has 0 N–H and O–H groups in total. The predicted octanol–water partition coefficient (Wildman–Crippen LogP) is 7.40. The molecule has 0 spiro atoms. The zero-order valence-electron chi connectivity index (χ0n) is 16.3. The Balaban J connectivity index is 0. The van der Waals surface area contributed by atoms with Gasteiger partial charge in [0.05, 0.1) is 0 Å². The summed E-state index contributed by atoms with van der Waals surface area (Å²) in [5, 5.41) is 0. The van der Waals surface area contributed by atoms with Crippen molar-refractivity contribution in [3.8, 4) is 11.5 Å². The largest absolute Gasteiger partial charge is 0.458 e. The third-order valence-electron chi connectivity index (χ3n) is 2.44. The molecule has 0 atom stereocenters. The molecule has 0 aliphatic carbocycles. The molecule has 0 saturated heterocycles. The molecular weight excluding hydrogens is 308 g/mol. The maximum Gasteiger partial charge on any atom is 0.131 e. The maximum absolute atomic E-state index is 5.76. The van der Waals surface area contributed by atoms with Crippen LogP contribution in [0.2, 0.25) is 0 Å². The highest BCUT2D eigenvalue weighted by Gasteiger charge is 2.01. The van der Waals surface area contributed by atoms with E-state index in [4.69, 9.17) is 9.47 Å². The molecule has 0 amide bonds. The Morgan fingerprint density at radius 1 is 0.880 bits per heavy atom. The fraction of sp³-hybridized carbons (Fsp3) is 0.217. The van der Waals surface area contributed by atoms with Gasteiger partial charge in [-0.3, -0.25) is 0 Å². The van der Waals surface area contributed by atoms with Crippen molar-refractivity contribution in [1.82, 2.24) is 0 Å². The van der Waals surface area contributed by atoms with Crippen LogP contribution in [0.1, 0.15) is 34.6 Å². The summed E-state index contributed by atoms with van der Waals surface area (Å²) in [5.74, 6) is 2.72. The highest BCUT2D eigenvalue weighted by molar-refractivity contribution is 5.37. The predicted molar refractivity (Wildman–Crippen MR) is 112 cm³/mol. The Hall–Kier alpha value is -2.74. The Kier molecular flexibility index (Phi) is 17.3. The van der Waals surface area contributed by atoms with Gasteiger partial charge in [0.1, 0.15) is 23.0 Å². The molecule has 2 nitrogen and oxygen atoms in total. The Bertz CT molecular complexity index is 590. The van der Waals surface area contributed by atoms with Gasteiger partial charge in [-0.2, -0.15) is 0 Å². The summed E-state index contributed by atoms with van der Waals surface area (Å²) in [6.45, 7) is 20.9. The van der Waals surface area contributed by atoms with Crippen molar-refractivity contribution in [2.75, 3.05) is 0 Å². The number of benzene rings is 1. The van der Waals surface area contributed by atoms with Crippen molar-refractivity contribution in [2.24, 2.45) is 0 Å². The maximum atomic E-state index is 5.76. The van der Waals surface area contributed by atoms with Gasteiger partial charge in [0.25, 0.3) is 0 Å². The molecule has 0 radical (unpaired) electrons. The lowest BCUT2D eigenvalue weighted by atomic mass is 10.3. The molecule has 0 saturated carbocycles. The second kappa shape index (κ2) is 17.6. The van der Waals surface area contributed by atoms with Crippen LogP contribution < -0.4 is 9.47 Å². The van der Waals surface area contributed by atoms with Gasteiger partial charge >= 0.3 is 0 Å². The molecule has 0 aliphatic heterocycles. The molecule has 1 aromatic rings. The summed E-state index contributed by atoms with van der Waals surface area (Å²) < 4.78 is 11.4. The highest BCUT2D eigenvalue weighted by Crippen LogP contribution is 2.23. The molecule has 1 aromatic carbocycles. The molecule has 0 heterocycles. The number of rotatable bonds is 8. The molecule has 0 unspecified atom stereocenters. The van der Waals surface area contributed by atoms with E-state index in [1.165, 1.54) is 0 Å². The minimum atomic E-state index is 0.625. The van der Waals surface area contributed by atoms with Crippen molar-refractivity contribution in [1.29, 1.82) is 0 Å². The summed E-state index contributed by atoms with van der Waals surface area (Å²) >= 11 is 0. The average Bonchev–Trinajstić information content (AvgIpc) is 2.68. The zero-order valence-corrected chi connectivity index (χ0v) is 16.3. The molecule has 1 rings (SSSR count). The van der Waals surface area contributed by atoms with Gasteiger partial charge in [0.15, 0.2) is 0 Å². The molecule has 136 valence electrons. The van der Waals surface area contributed by atoms with Crippen molar-refractivity contribution in [3.05, 3.63) is 98.1 Å². The first-order chi connectivity index (χ1) is 12.2. The van der Waals surface area contributed by atoms with Crippen LogP contribution in [0, 0.1) is 0 Å². The van der Waals surface area contributed by atoms with Crippen molar-refractivity contribution < 1.29 is 9.47 Å². The normalized spacial score (nSPS) is 10.6. The van der Waals surface area contributed by atoms with Crippen molar-refractivity contribution >= 4 is 0 Å². The fourth-order valence-corrected chi connectivity index (χ4v) is 1.49. The average molecular weight is 341 g/mol. The minimum absolute atomic E-state index is 0.625. The second-order valence-corrected chi connectivity index (χ2v) is 3.97. The molecular formula is C23H32O2. The molecule has 0 fully saturated rings. The first kappa shape index (κ1) is 24.5. The van der Waals surface area contributed by atoms with E-state index >= 15 is 0 Å². The molecule has 2 heteroatoms. The van der Waals surface area contributed by atoms with Gasteiger partial charge in [-0.15, -0.1) is 0 Å². The SMILES string of the molecule is C=C/C=C\C(=C/C)Oc1cccc(O/C(C=C)=C/C=C)c1.CC.CC. The van der Waals surface area contributed by atoms with Gasteiger partial charge in [0, 0.05) is 6.07 Å². The first-order valence-electron chi connectivity index (χ1n) is 8.59. The van der Waals surface area contributed by atoms with E-state index in [0.717, 1.165) is 5.76 Å². The van der Waals surface area contributed by atoms with Gasteiger partial charge in [-0.25, -0.2) is 0 Å². The van der Waals surface area contributed by atoms with Crippen LogP contribution >= 0.6 is 0 Å². The Morgan fingerprint density at radius 2 is 1.44 bits per heavy atom. The van der Waals surface area contributed by atoms with Crippen LogP contribution in [0.15, 0.2) is 98.1 Å². The van der Waals surface area contributed by atoms with E-state index < -0.39 is 0 Å². The van der Waals surface area contributed by atoms with Gasteiger partial charge in [0.2, 0.25) is 0 Å². The van der Waals surface area contributed by atoms with E-state index in [-0.39, 0.29) is 0 Å². The van der Waals surface area contributed by atoms with E-state index in [1.807, 2.05) is 77.1 Å². The monoisotopic (exact) mass is 340 g/mol. The van der Waals surface area contributed by atoms with Crippen molar-refractivity contribution in [3.63, 3.8) is 0 Å². The third kappa shape index (κ3) is 11.4. The summed E-state index contributed by atoms with van der Waals surface area (Å²) in [7, 11) is 0. The van der Waals surface area contributed by atoms with E-state index in [9.17, 15) is 0 Å². The smallest absolute Gasteiger partial charge is 0.131 e. The van der Waals surface area contributed by atoms with Crippen LogP contribution in [0.4, 0.5) is 0 Å². The summed E-state index contributed by atoms with van der Waals surface area (Å²) in [4.78, 5) is 0. The lowest BCUT2D eigenvalue weighted by molar-refractivity contribution is 0.423. The zero-order chi connectivity index (χ0) is 19.5. The van der Waals surface area contributed by atoms with E-state index in [1.54, 1.807) is 24.3 Å². The van der Waals surface area contributed by atoms with Crippen LogP contribution in [0.25, 0.3) is 0 Å². The third-order valence-corrected chi connectivity index (χ3v) is 2.44. The first-order valence-corrected chi connectivity index (χ1v) is 8.59. The molecule has 0 bridgehead atoms. The summed E-state index contributed by atoms with van der Waals surface area (Å²) in [5.41, 5.74) is 0. The lowest BCUT2D eigenvalue weighted by Gasteiger charge is -2.09. The second-order valence-electron chi connectivity index (χ2n) is 3.97. The standard InChI is InChI=1S/C19H20O2.2C2H6/c1-5-9-12-17(8-4)21-19-14-10-13-18(15-19)20-16(7-3)11-6-2;2*1-2/h5-15H,1-3H2,4H3;2*1-2H3/b12-9-,16-11+,17-8+;;. The topological polar surface area (TPSA) is 18.5 Å². The summed E-state index contributed by atoms with van der Waals surface area (Å²) in [6.07, 6.45) is 12.2. The fourth-order valence-electron chi connectivity index (χ4n) is 1.49. The van der Waals surface area contributed by atoms with Crippen LogP contribution in [-0.4, -0.2) is 0 Å². The van der Waals surface area contributed by atoms with Crippen LogP contribution in [-0.2, 0) is 0 Å². The Morgan fingerprint density at radius 3 is 1.88 bits per heavy atom. The lowest BCUT2D eigenvalue weighted by Crippen LogP contribution is -1.94. The van der Waals surface area contributed by atoms with Crippen molar-refractivity contribution in [2.45, 2.75) is 34.6 Å². The molecule has 25 heavy (non-hydrogen) atoms. The van der Waals surface area contributed by atoms with Crippen LogP contribution in [0.3, 0.4) is 0 Å². The van der Waals surface area contributed by atoms with Crippen LogP contribution in [0.5, 0.6) is 11.5 Å². The summed E-state index contributed by atoms with van der Waals surface area (Å²) in [6, 6.07) is 7.39. The minimum Gasteiger partial charge on any atom is -0.458 e. The number of allylic oxidation sites excluding steroid dienone is 7. The quantitative estimate of drug-likeness (QED) is 0.362. The van der Waals surface area contributed by atoms with E-state index in [2.05, 4.69) is 19.7 Å². The highest BCUT2D eigenvalue weighted by atomic mass is 16.5. The Labute approximate surface area is 154 Å². The van der Waals surface area contributed by atoms with Gasteiger partial charge in [-0.1, -0.05) is 71.7 Å². The number of hydrogen-bond donors (Lipinski definition) is 0. The van der Waals surface area contributed by atoms with Gasteiger partial charge in [-0.05, 0) is 43.4 Å². The number of hydrogen-bond acceptors (Lipinski definition) is 2. The van der Waals surface area contributed by atoms with E-state index in [0.29, 0.717) is 17.3 Å².